The highest BCUT2D eigenvalue weighted by molar-refractivity contribution is 5.76. The maximum atomic E-state index is 11.1. The molecule has 0 heterocycles. The molecule has 0 aromatic heterocycles. The molecule has 0 radical (unpaired) electrons. The molecule has 0 saturated heterocycles. The van der Waals surface area contributed by atoms with Gasteiger partial charge in [-0.15, -0.1) is 0 Å². The van der Waals surface area contributed by atoms with Crippen molar-refractivity contribution in [1.82, 2.24) is 5.32 Å². The molecule has 13 heavy (non-hydrogen) atoms. The second-order valence-corrected chi connectivity index (χ2v) is 3.29. The summed E-state index contributed by atoms with van der Waals surface area (Å²) in [5.41, 5.74) is 7.76. The van der Waals surface area contributed by atoms with Crippen molar-refractivity contribution < 1.29 is 4.79 Å². The van der Waals surface area contributed by atoms with Crippen molar-refractivity contribution in [3.05, 3.63) is 10.4 Å². The van der Waals surface area contributed by atoms with E-state index in [0.717, 1.165) is 12.8 Å². The Kier molecular flexibility index (Phi) is 4.92. The van der Waals surface area contributed by atoms with Gasteiger partial charge in [-0.2, -0.15) is 0 Å². The number of azide groups is 1. The van der Waals surface area contributed by atoms with Crippen LogP contribution in [0.2, 0.25) is 0 Å². The number of nitrogens with one attached hydrogen (secondary N) is 1. The minimum atomic E-state index is -0.580. The highest BCUT2D eigenvalue weighted by Crippen LogP contribution is 2.21. The molecular formula is C8H16N4O. The normalized spacial score (nSPS) is 14.1. The van der Waals surface area contributed by atoms with Crippen molar-refractivity contribution in [1.29, 1.82) is 0 Å². The number of amides is 1. The maximum absolute atomic E-state index is 11.1. The summed E-state index contributed by atoms with van der Waals surface area (Å²) in [4.78, 5) is 13.8. The van der Waals surface area contributed by atoms with Crippen LogP contribution >= 0.6 is 0 Å². The van der Waals surface area contributed by atoms with Gasteiger partial charge in [0.1, 0.15) is 0 Å². The van der Waals surface area contributed by atoms with E-state index in [1.54, 1.807) is 14.0 Å². The van der Waals surface area contributed by atoms with E-state index < -0.39 is 5.54 Å². The lowest BCUT2D eigenvalue weighted by Crippen LogP contribution is -2.30. The largest absolute Gasteiger partial charge is 0.359 e. The van der Waals surface area contributed by atoms with Gasteiger partial charge in [0.25, 0.3) is 0 Å². The zero-order valence-corrected chi connectivity index (χ0v) is 8.37. The Hall–Kier alpha value is -1.22. The Morgan fingerprint density at radius 1 is 1.69 bits per heavy atom. The first-order valence-corrected chi connectivity index (χ1v) is 4.35. The molecule has 1 amide bonds. The Labute approximate surface area is 78.1 Å². The van der Waals surface area contributed by atoms with E-state index in [1.807, 2.05) is 6.92 Å². The highest BCUT2D eigenvalue weighted by atomic mass is 16.1. The number of hydrogen-bond acceptors (Lipinski definition) is 2. The number of hydrogen-bond donors (Lipinski definition) is 1. The van der Waals surface area contributed by atoms with E-state index in [1.165, 1.54) is 0 Å². The topological polar surface area (TPSA) is 77.9 Å². The van der Waals surface area contributed by atoms with Crippen molar-refractivity contribution in [3.8, 4) is 0 Å². The van der Waals surface area contributed by atoms with Gasteiger partial charge in [-0.05, 0) is 12.0 Å². The maximum Gasteiger partial charge on any atom is 0.220 e. The van der Waals surface area contributed by atoms with E-state index in [-0.39, 0.29) is 12.3 Å². The third-order valence-corrected chi connectivity index (χ3v) is 1.89. The Morgan fingerprint density at radius 2 is 2.31 bits per heavy atom. The fourth-order valence-corrected chi connectivity index (χ4v) is 1.25. The highest BCUT2D eigenvalue weighted by Gasteiger charge is 2.24. The van der Waals surface area contributed by atoms with Crippen LogP contribution in [0, 0.1) is 0 Å². The molecule has 0 aliphatic rings. The number of rotatable bonds is 5. The third kappa shape index (κ3) is 4.38. The third-order valence-electron chi connectivity index (χ3n) is 1.89. The van der Waals surface area contributed by atoms with Crippen LogP contribution in [0.5, 0.6) is 0 Å². The molecule has 0 fully saturated rings. The standard InChI is InChI=1S/C8H16N4O/c1-4-5-8(2,11-12-9)6-7(13)10-3/h4-6H2,1-3H3,(H,10,13). The van der Waals surface area contributed by atoms with Gasteiger partial charge in [-0.3, -0.25) is 4.79 Å². The Balaban J connectivity index is 4.39. The molecule has 1 N–H and O–H groups in total. The molecule has 0 saturated carbocycles. The van der Waals surface area contributed by atoms with Crippen LogP contribution in [-0.4, -0.2) is 18.5 Å². The van der Waals surface area contributed by atoms with Crippen molar-refractivity contribution in [3.63, 3.8) is 0 Å². The first-order valence-electron chi connectivity index (χ1n) is 4.35. The molecule has 0 aromatic rings. The average Bonchev–Trinajstić information content (AvgIpc) is 2.04. The molecule has 0 aromatic carbocycles. The van der Waals surface area contributed by atoms with Gasteiger partial charge in [-0.25, -0.2) is 0 Å². The van der Waals surface area contributed by atoms with E-state index >= 15 is 0 Å². The summed E-state index contributed by atoms with van der Waals surface area (Å²) in [6, 6.07) is 0. The van der Waals surface area contributed by atoms with Crippen LogP contribution in [0.15, 0.2) is 5.11 Å². The fraction of sp³-hybridized carbons (Fsp3) is 0.875. The fourth-order valence-electron chi connectivity index (χ4n) is 1.25. The lowest BCUT2D eigenvalue weighted by molar-refractivity contribution is -0.121. The van der Waals surface area contributed by atoms with E-state index in [0.29, 0.717) is 0 Å². The SMILES string of the molecule is CCCC(C)(CC(=O)NC)N=[N+]=[N-]. The minimum Gasteiger partial charge on any atom is -0.359 e. The van der Waals surface area contributed by atoms with Crippen molar-refractivity contribution in [2.45, 2.75) is 38.6 Å². The summed E-state index contributed by atoms with van der Waals surface area (Å²) in [6.07, 6.45) is 1.87. The summed E-state index contributed by atoms with van der Waals surface area (Å²) in [6.45, 7) is 3.79. The van der Waals surface area contributed by atoms with Crippen LogP contribution in [-0.2, 0) is 4.79 Å². The second-order valence-electron chi connectivity index (χ2n) is 3.29. The number of nitrogens with zero attached hydrogens (tertiary/aromatic N) is 3. The monoisotopic (exact) mass is 184 g/mol. The van der Waals surface area contributed by atoms with Gasteiger partial charge in [0.15, 0.2) is 0 Å². The Morgan fingerprint density at radius 3 is 2.69 bits per heavy atom. The molecule has 5 heteroatoms. The lowest BCUT2D eigenvalue weighted by atomic mass is 9.93. The molecule has 1 unspecified atom stereocenters. The number of carbonyl (C=O) groups is 1. The molecule has 0 bridgehead atoms. The molecular weight excluding hydrogens is 168 g/mol. The summed E-state index contributed by atoms with van der Waals surface area (Å²) in [5, 5.41) is 6.17. The zero-order chi connectivity index (χ0) is 10.3. The summed E-state index contributed by atoms with van der Waals surface area (Å²) in [5.74, 6) is -0.0941. The smallest absolute Gasteiger partial charge is 0.220 e. The Bertz CT molecular complexity index is 222. The minimum absolute atomic E-state index is 0.0941. The van der Waals surface area contributed by atoms with Gasteiger partial charge >= 0.3 is 0 Å². The van der Waals surface area contributed by atoms with Crippen molar-refractivity contribution in [2.24, 2.45) is 5.11 Å². The molecule has 0 rings (SSSR count). The van der Waals surface area contributed by atoms with Crippen LogP contribution in [0.1, 0.15) is 33.1 Å². The van der Waals surface area contributed by atoms with Crippen LogP contribution in [0.4, 0.5) is 0 Å². The molecule has 1 atom stereocenters. The number of carbonyl (C=O) groups excluding carboxylic acids is 1. The lowest BCUT2D eigenvalue weighted by Gasteiger charge is -2.21. The van der Waals surface area contributed by atoms with Crippen molar-refractivity contribution in [2.75, 3.05) is 7.05 Å². The van der Waals surface area contributed by atoms with Crippen LogP contribution in [0.3, 0.4) is 0 Å². The van der Waals surface area contributed by atoms with E-state index in [2.05, 4.69) is 15.3 Å². The molecule has 74 valence electrons. The first kappa shape index (κ1) is 11.8. The molecule has 0 spiro atoms. The quantitative estimate of drug-likeness (QED) is 0.396. The predicted octanol–water partition coefficient (Wildman–Crippen LogP) is 1.99. The summed E-state index contributed by atoms with van der Waals surface area (Å²) < 4.78 is 0. The zero-order valence-electron chi connectivity index (χ0n) is 8.37. The van der Waals surface area contributed by atoms with Gasteiger partial charge in [-0.1, -0.05) is 25.4 Å². The average molecular weight is 184 g/mol. The van der Waals surface area contributed by atoms with Crippen LogP contribution < -0.4 is 5.32 Å². The van der Waals surface area contributed by atoms with E-state index in [9.17, 15) is 4.79 Å². The van der Waals surface area contributed by atoms with Gasteiger partial charge in [0.05, 0.1) is 5.54 Å². The summed E-state index contributed by atoms with van der Waals surface area (Å²) >= 11 is 0. The second kappa shape index (κ2) is 5.43. The summed E-state index contributed by atoms with van der Waals surface area (Å²) in [7, 11) is 1.57. The van der Waals surface area contributed by atoms with Gasteiger partial charge < -0.3 is 5.32 Å². The van der Waals surface area contributed by atoms with Gasteiger partial charge in [0, 0.05) is 18.4 Å². The molecule has 0 aliphatic heterocycles. The van der Waals surface area contributed by atoms with Crippen LogP contribution in [0.25, 0.3) is 10.4 Å². The van der Waals surface area contributed by atoms with Gasteiger partial charge in [0.2, 0.25) is 5.91 Å². The first-order chi connectivity index (χ1) is 6.08. The molecule has 0 aliphatic carbocycles. The predicted molar refractivity (Wildman–Crippen MR) is 51.1 cm³/mol. The van der Waals surface area contributed by atoms with Crippen molar-refractivity contribution >= 4 is 5.91 Å². The van der Waals surface area contributed by atoms with E-state index in [4.69, 9.17) is 5.53 Å². The molecule has 5 nitrogen and oxygen atoms in total.